The zero-order valence-electron chi connectivity index (χ0n) is 7.75. The molecule has 1 aliphatic carbocycles. The van der Waals surface area contributed by atoms with Crippen LogP contribution in [0, 0.1) is 11.3 Å². The van der Waals surface area contributed by atoms with Gasteiger partial charge in [0.15, 0.2) is 0 Å². The molecule has 0 radical (unpaired) electrons. The van der Waals surface area contributed by atoms with Gasteiger partial charge in [-0.05, 0) is 12.8 Å². The average Bonchev–Trinajstić information content (AvgIpc) is 2.87. The lowest BCUT2D eigenvalue weighted by Gasteiger charge is -2.10. The minimum Gasteiger partial charge on any atom is -0.257 e. The highest BCUT2D eigenvalue weighted by atomic mass is 19.4. The second-order valence-electron chi connectivity index (χ2n) is 3.53. The van der Waals surface area contributed by atoms with Crippen molar-refractivity contribution in [3.05, 3.63) is 17.5 Å². The highest BCUT2D eigenvalue weighted by molar-refractivity contribution is 5.25. The van der Waals surface area contributed by atoms with Crippen LogP contribution < -0.4 is 0 Å². The molecule has 1 saturated carbocycles. The molecule has 15 heavy (non-hydrogen) atoms. The smallest absolute Gasteiger partial charge is 0.257 e. The summed E-state index contributed by atoms with van der Waals surface area (Å²) in [4.78, 5) is 0. The van der Waals surface area contributed by atoms with Crippen molar-refractivity contribution in [2.45, 2.75) is 31.5 Å². The van der Waals surface area contributed by atoms with Gasteiger partial charge in [-0.3, -0.25) is 4.68 Å². The van der Waals surface area contributed by atoms with Crippen molar-refractivity contribution >= 4 is 0 Å². The molecule has 2 rings (SSSR count). The second kappa shape index (κ2) is 3.26. The normalized spacial score (nSPS) is 16.4. The maximum atomic E-state index is 12.7. The van der Waals surface area contributed by atoms with Gasteiger partial charge in [0.1, 0.15) is 5.69 Å². The van der Waals surface area contributed by atoms with E-state index < -0.39 is 11.9 Å². The zero-order valence-corrected chi connectivity index (χ0v) is 7.75. The summed E-state index contributed by atoms with van der Waals surface area (Å²) in [5.74, 6) is 0. The molecule has 0 aliphatic heterocycles. The van der Waals surface area contributed by atoms with Gasteiger partial charge in [-0.1, -0.05) is 0 Å². The van der Waals surface area contributed by atoms with E-state index in [4.69, 9.17) is 5.26 Å². The van der Waals surface area contributed by atoms with Crippen LogP contribution in [0.1, 0.15) is 30.1 Å². The SMILES string of the molecule is N#CCc1cnn(C2CC2)c1C(F)(F)F. The first-order valence-corrected chi connectivity index (χ1v) is 4.54. The Morgan fingerprint density at radius 1 is 1.53 bits per heavy atom. The number of rotatable bonds is 2. The van der Waals surface area contributed by atoms with E-state index in [2.05, 4.69) is 5.10 Å². The molecule has 1 aliphatic rings. The molecule has 80 valence electrons. The fraction of sp³-hybridized carbons (Fsp3) is 0.556. The molecule has 0 N–H and O–H groups in total. The Hall–Kier alpha value is -1.51. The van der Waals surface area contributed by atoms with Gasteiger partial charge in [-0.2, -0.15) is 23.5 Å². The third kappa shape index (κ3) is 1.82. The summed E-state index contributed by atoms with van der Waals surface area (Å²) in [5, 5.41) is 12.1. The molecule has 1 fully saturated rings. The van der Waals surface area contributed by atoms with E-state index in [1.807, 2.05) is 0 Å². The van der Waals surface area contributed by atoms with E-state index in [0.29, 0.717) is 0 Å². The number of aromatic nitrogens is 2. The van der Waals surface area contributed by atoms with E-state index >= 15 is 0 Å². The molecule has 1 aromatic heterocycles. The van der Waals surface area contributed by atoms with E-state index in [-0.39, 0.29) is 18.0 Å². The monoisotopic (exact) mass is 215 g/mol. The Morgan fingerprint density at radius 3 is 2.67 bits per heavy atom. The molecule has 3 nitrogen and oxygen atoms in total. The molecule has 6 heteroatoms. The fourth-order valence-electron chi connectivity index (χ4n) is 1.52. The summed E-state index contributed by atoms with van der Waals surface area (Å²) in [7, 11) is 0. The van der Waals surface area contributed by atoms with Crippen LogP contribution in [0.4, 0.5) is 13.2 Å². The molecule has 0 atom stereocenters. The van der Waals surface area contributed by atoms with Crippen LogP contribution in [0.3, 0.4) is 0 Å². The lowest BCUT2D eigenvalue weighted by molar-refractivity contribution is -0.144. The predicted octanol–water partition coefficient (Wildman–Crippen LogP) is 2.30. The minimum absolute atomic E-state index is 0.0306. The number of hydrogen-bond donors (Lipinski definition) is 0. The Morgan fingerprint density at radius 2 is 2.20 bits per heavy atom. The third-order valence-corrected chi connectivity index (χ3v) is 2.30. The van der Waals surface area contributed by atoms with Gasteiger partial charge in [0.2, 0.25) is 0 Å². The van der Waals surface area contributed by atoms with Crippen molar-refractivity contribution in [2.24, 2.45) is 0 Å². The first-order chi connectivity index (χ1) is 7.04. The van der Waals surface area contributed by atoms with Crippen molar-refractivity contribution in [3.63, 3.8) is 0 Å². The van der Waals surface area contributed by atoms with Crippen LogP contribution in [0.2, 0.25) is 0 Å². The van der Waals surface area contributed by atoms with Gasteiger partial charge in [-0.15, -0.1) is 0 Å². The molecule has 0 spiro atoms. The summed E-state index contributed by atoms with van der Waals surface area (Å²) < 4.78 is 39.1. The van der Waals surface area contributed by atoms with Gasteiger partial charge < -0.3 is 0 Å². The van der Waals surface area contributed by atoms with Crippen molar-refractivity contribution in [1.29, 1.82) is 5.26 Å². The lowest BCUT2D eigenvalue weighted by Crippen LogP contribution is -2.15. The topological polar surface area (TPSA) is 41.6 Å². The molecule has 0 unspecified atom stereocenters. The standard InChI is InChI=1S/C9H8F3N3/c10-9(11,12)8-6(3-4-13)5-14-15(8)7-1-2-7/h5,7H,1-3H2. The summed E-state index contributed by atoms with van der Waals surface area (Å²) in [5.41, 5.74) is -0.788. The van der Waals surface area contributed by atoms with E-state index in [1.165, 1.54) is 0 Å². The Labute approximate surface area is 84.1 Å². The van der Waals surface area contributed by atoms with Gasteiger partial charge >= 0.3 is 6.18 Å². The number of halogens is 3. The second-order valence-corrected chi connectivity index (χ2v) is 3.53. The number of nitriles is 1. The molecule has 0 bridgehead atoms. The molecular weight excluding hydrogens is 207 g/mol. The van der Waals surface area contributed by atoms with Crippen LogP contribution in [-0.4, -0.2) is 9.78 Å². The maximum Gasteiger partial charge on any atom is 0.433 e. The van der Waals surface area contributed by atoms with Gasteiger partial charge in [0.25, 0.3) is 0 Å². The first kappa shape index (κ1) is 10.0. The van der Waals surface area contributed by atoms with Crippen LogP contribution >= 0.6 is 0 Å². The van der Waals surface area contributed by atoms with Crippen molar-refractivity contribution in [3.8, 4) is 6.07 Å². The number of hydrogen-bond acceptors (Lipinski definition) is 2. The van der Waals surface area contributed by atoms with Crippen LogP contribution in [0.25, 0.3) is 0 Å². The summed E-state index contributed by atoms with van der Waals surface area (Å²) in [6.45, 7) is 0. The first-order valence-electron chi connectivity index (χ1n) is 4.54. The van der Waals surface area contributed by atoms with Crippen molar-refractivity contribution in [1.82, 2.24) is 9.78 Å². The highest BCUT2D eigenvalue weighted by Gasteiger charge is 2.41. The van der Waals surface area contributed by atoms with Gasteiger partial charge in [-0.25, -0.2) is 0 Å². The lowest BCUT2D eigenvalue weighted by atomic mass is 10.2. The molecule has 1 heterocycles. The largest absolute Gasteiger partial charge is 0.433 e. The summed E-state index contributed by atoms with van der Waals surface area (Å²) in [6, 6.07) is 1.59. The minimum atomic E-state index is -4.43. The maximum absolute atomic E-state index is 12.7. The fourth-order valence-corrected chi connectivity index (χ4v) is 1.52. The van der Waals surface area contributed by atoms with Gasteiger partial charge in [0, 0.05) is 5.56 Å². The molecule has 1 aromatic rings. The van der Waals surface area contributed by atoms with Gasteiger partial charge in [0.05, 0.1) is 24.7 Å². The summed E-state index contributed by atoms with van der Waals surface area (Å²) in [6.07, 6.45) is -2.06. The predicted molar refractivity (Wildman–Crippen MR) is 44.8 cm³/mol. The van der Waals surface area contributed by atoms with Crippen LogP contribution in [0.5, 0.6) is 0 Å². The molecular formula is C9H8F3N3. The molecule has 0 aromatic carbocycles. The van der Waals surface area contributed by atoms with E-state index in [9.17, 15) is 13.2 Å². The van der Waals surface area contributed by atoms with Crippen LogP contribution in [0.15, 0.2) is 6.20 Å². The number of alkyl halides is 3. The van der Waals surface area contributed by atoms with E-state index in [0.717, 1.165) is 23.7 Å². The Kier molecular flexibility index (Phi) is 2.18. The van der Waals surface area contributed by atoms with E-state index in [1.54, 1.807) is 6.07 Å². The van der Waals surface area contributed by atoms with Crippen molar-refractivity contribution < 1.29 is 13.2 Å². The summed E-state index contributed by atoms with van der Waals surface area (Å²) >= 11 is 0. The highest BCUT2D eigenvalue weighted by Crippen LogP contribution is 2.41. The number of nitrogens with zero attached hydrogens (tertiary/aromatic N) is 3. The van der Waals surface area contributed by atoms with Crippen molar-refractivity contribution in [2.75, 3.05) is 0 Å². The molecule has 0 amide bonds. The Balaban J connectivity index is 2.44. The Bertz CT molecular complexity index is 409. The quantitative estimate of drug-likeness (QED) is 0.759. The zero-order chi connectivity index (χ0) is 11.1. The van der Waals surface area contributed by atoms with Crippen LogP contribution in [-0.2, 0) is 12.6 Å². The third-order valence-electron chi connectivity index (χ3n) is 2.30. The average molecular weight is 215 g/mol. The molecule has 0 saturated heterocycles.